The van der Waals surface area contributed by atoms with E-state index in [4.69, 9.17) is 4.52 Å². The first kappa shape index (κ1) is 25.2. The van der Waals surface area contributed by atoms with Gasteiger partial charge in [0.1, 0.15) is 17.6 Å². The van der Waals surface area contributed by atoms with E-state index in [0.717, 1.165) is 18.6 Å². The van der Waals surface area contributed by atoms with Gasteiger partial charge in [0.25, 0.3) is 0 Å². The molecule has 15 heteroatoms. The third kappa shape index (κ3) is 5.03. The zero-order chi connectivity index (χ0) is 27.1. The minimum Gasteiger partial charge on any atom is -0.358 e. The number of halogens is 6. The Bertz CT molecular complexity index is 1460. The zero-order valence-electron chi connectivity index (χ0n) is 19.1. The van der Waals surface area contributed by atoms with E-state index in [9.17, 15) is 31.1 Å². The van der Waals surface area contributed by atoms with Crippen LogP contribution in [0.5, 0.6) is 0 Å². The van der Waals surface area contributed by atoms with Gasteiger partial charge < -0.3 is 15.2 Å². The Morgan fingerprint density at radius 3 is 2.42 bits per heavy atom. The lowest BCUT2D eigenvalue weighted by Crippen LogP contribution is -2.28. The maximum atomic E-state index is 14.7. The second kappa shape index (κ2) is 9.46. The molecule has 0 atom stereocenters. The molecule has 3 heterocycles. The van der Waals surface area contributed by atoms with Gasteiger partial charge >= 0.3 is 12.7 Å². The number of nitrogens with one attached hydrogen (secondary N) is 2. The minimum atomic E-state index is -4.49. The van der Waals surface area contributed by atoms with E-state index in [1.165, 1.54) is 30.6 Å². The molecule has 198 valence electrons. The highest BCUT2D eigenvalue weighted by molar-refractivity contribution is 5.91. The third-order valence-corrected chi connectivity index (χ3v) is 6.00. The van der Waals surface area contributed by atoms with Crippen LogP contribution in [0, 0.1) is 5.82 Å². The van der Waals surface area contributed by atoms with Gasteiger partial charge in [0.15, 0.2) is 17.4 Å². The van der Waals surface area contributed by atoms with Gasteiger partial charge in [-0.3, -0.25) is 9.36 Å². The molecule has 38 heavy (non-hydrogen) atoms. The molecule has 0 radical (unpaired) electrons. The maximum Gasteiger partial charge on any atom is 0.401 e. The summed E-state index contributed by atoms with van der Waals surface area (Å²) in [6.45, 7) is -2.74. The van der Waals surface area contributed by atoms with E-state index in [0.29, 0.717) is 15.7 Å². The van der Waals surface area contributed by atoms with Gasteiger partial charge in [0.05, 0.1) is 12.6 Å². The standard InChI is InChI=1S/C23H17F6N7O2/c24-15-5-12(14-8-30-21(31-9-14)34-18-10-36(11-32-18)20(25)26)1-2-13(15)6-19(37)33-17-7-16(38-35-17)22(3-4-22)23(27,28)29/h1-2,5,7-11,20H,3-4,6H2,(H,30,31,34)(H,33,35,37). The molecular weight excluding hydrogens is 520 g/mol. The van der Waals surface area contributed by atoms with Crippen molar-refractivity contribution >= 4 is 23.5 Å². The molecule has 2 N–H and O–H groups in total. The molecule has 1 aromatic carbocycles. The van der Waals surface area contributed by atoms with E-state index >= 15 is 0 Å². The average molecular weight is 537 g/mol. The summed E-state index contributed by atoms with van der Waals surface area (Å²) in [4.78, 5) is 24.2. The molecule has 1 aliphatic rings. The van der Waals surface area contributed by atoms with Gasteiger partial charge in [-0.25, -0.2) is 19.3 Å². The Morgan fingerprint density at radius 2 is 1.82 bits per heavy atom. The number of benzene rings is 1. The van der Waals surface area contributed by atoms with Crippen LogP contribution in [0.15, 0.2) is 53.7 Å². The molecule has 5 rings (SSSR count). The van der Waals surface area contributed by atoms with Crippen molar-refractivity contribution in [3.63, 3.8) is 0 Å². The van der Waals surface area contributed by atoms with Crippen molar-refractivity contribution in [2.45, 2.75) is 37.4 Å². The number of hydrogen-bond donors (Lipinski definition) is 2. The molecule has 3 aromatic heterocycles. The lowest BCUT2D eigenvalue weighted by Gasteiger charge is -2.14. The number of alkyl halides is 5. The number of hydrogen-bond acceptors (Lipinski definition) is 7. The summed E-state index contributed by atoms with van der Waals surface area (Å²) >= 11 is 0. The first-order chi connectivity index (χ1) is 18.0. The van der Waals surface area contributed by atoms with Crippen LogP contribution in [-0.2, 0) is 16.6 Å². The quantitative estimate of drug-likeness (QED) is 0.290. The topological polar surface area (TPSA) is 111 Å². The normalized spacial score (nSPS) is 14.5. The molecule has 0 bridgehead atoms. The maximum absolute atomic E-state index is 14.7. The van der Waals surface area contributed by atoms with Crippen molar-refractivity contribution in [2.24, 2.45) is 0 Å². The number of anilines is 3. The Balaban J connectivity index is 1.20. The molecular formula is C23H17F6N7O2. The molecule has 1 aliphatic carbocycles. The van der Waals surface area contributed by atoms with Gasteiger partial charge in [-0.1, -0.05) is 17.3 Å². The van der Waals surface area contributed by atoms with Crippen LogP contribution in [0.25, 0.3) is 11.1 Å². The first-order valence-corrected chi connectivity index (χ1v) is 11.1. The van der Waals surface area contributed by atoms with Crippen molar-refractivity contribution in [2.75, 3.05) is 10.6 Å². The molecule has 9 nitrogen and oxygen atoms in total. The summed E-state index contributed by atoms with van der Waals surface area (Å²) < 4.78 is 85.0. The monoisotopic (exact) mass is 537 g/mol. The van der Waals surface area contributed by atoms with Crippen molar-refractivity contribution in [1.29, 1.82) is 0 Å². The van der Waals surface area contributed by atoms with Crippen LogP contribution in [-0.4, -0.2) is 36.8 Å². The van der Waals surface area contributed by atoms with Gasteiger partial charge in [0.2, 0.25) is 11.9 Å². The number of rotatable bonds is 8. The van der Waals surface area contributed by atoms with Gasteiger partial charge in [0, 0.05) is 24.0 Å². The van der Waals surface area contributed by atoms with Crippen LogP contribution >= 0.6 is 0 Å². The summed E-state index contributed by atoms with van der Waals surface area (Å²) in [7, 11) is 0. The Kier molecular flexibility index (Phi) is 6.28. The largest absolute Gasteiger partial charge is 0.401 e. The number of amides is 1. The van der Waals surface area contributed by atoms with Crippen molar-refractivity contribution < 1.29 is 35.7 Å². The zero-order valence-corrected chi connectivity index (χ0v) is 19.1. The summed E-state index contributed by atoms with van der Waals surface area (Å²) in [6, 6.07) is 5.12. The van der Waals surface area contributed by atoms with E-state index in [2.05, 4.69) is 30.7 Å². The summed E-state index contributed by atoms with van der Waals surface area (Å²) in [5.74, 6) is -1.76. The lowest BCUT2D eigenvalue weighted by atomic mass is 10.0. The fourth-order valence-electron chi connectivity index (χ4n) is 3.75. The highest BCUT2D eigenvalue weighted by Crippen LogP contribution is 2.59. The molecule has 0 spiro atoms. The molecule has 0 unspecified atom stereocenters. The van der Waals surface area contributed by atoms with Crippen LogP contribution in [0.3, 0.4) is 0 Å². The summed E-state index contributed by atoms with van der Waals surface area (Å²) in [5.41, 5.74) is -1.18. The number of aromatic nitrogens is 5. The highest BCUT2D eigenvalue weighted by atomic mass is 19.4. The SMILES string of the molecule is O=C(Cc1ccc(-c2cnc(Nc3cn(C(F)F)cn3)nc2)cc1F)Nc1cc(C2(C(F)(F)F)CC2)on1. The average Bonchev–Trinajstić information content (AvgIpc) is 3.34. The van der Waals surface area contributed by atoms with Crippen molar-refractivity contribution in [3.05, 3.63) is 66.3 Å². The minimum absolute atomic E-state index is 0.0396. The fourth-order valence-corrected chi connectivity index (χ4v) is 3.75. The molecule has 1 fully saturated rings. The Hall–Kier alpha value is -4.43. The number of nitrogens with zero attached hydrogens (tertiary/aromatic N) is 5. The van der Waals surface area contributed by atoms with Gasteiger partial charge in [-0.05, 0) is 30.0 Å². The van der Waals surface area contributed by atoms with Crippen LogP contribution in [0.4, 0.5) is 43.9 Å². The van der Waals surface area contributed by atoms with Crippen LogP contribution < -0.4 is 10.6 Å². The molecule has 1 saturated carbocycles. The molecule has 0 aliphatic heterocycles. The van der Waals surface area contributed by atoms with Gasteiger partial charge in [-0.2, -0.15) is 22.0 Å². The smallest absolute Gasteiger partial charge is 0.358 e. The Labute approximate surface area is 209 Å². The predicted molar refractivity (Wildman–Crippen MR) is 120 cm³/mol. The van der Waals surface area contributed by atoms with Crippen LogP contribution in [0.1, 0.15) is 30.7 Å². The Morgan fingerprint density at radius 1 is 1.08 bits per heavy atom. The first-order valence-electron chi connectivity index (χ1n) is 11.1. The van der Waals surface area contributed by atoms with Crippen molar-refractivity contribution in [1.82, 2.24) is 24.7 Å². The summed E-state index contributed by atoms with van der Waals surface area (Å²) in [5, 5.41) is 8.46. The third-order valence-electron chi connectivity index (χ3n) is 6.00. The second-order valence-corrected chi connectivity index (χ2v) is 8.59. The van der Waals surface area contributed by atoms with E-state index in [1.807, 2.05) is 0 Å². The van der Waals surface area contributed by atoms with E-state index in [1.54, 1.807) is 0 Å². The van der Waals surface area contributed by atoms with Crippen molar-refractivity contribution in [3.8, 4) is 11.1 Å². The van der Waals surface area contributed by atoms with E-state index < -0.39 is 36.3 Å². The lowest BCUT2D eigenvalue weighted by molar-refractivity contribution is -0.165. The summed E-state index contributed by atoms with van der Waals surface area (Å²) in [6.07, 6.45) is -0.315. The highest BCUT2D eigenvalue weighted by Gasteiger charge is 2.66. The number of carbonyl (C=O) groups is 1. The number of imidazole rings is 1. The van der Waals surface area contributed by atoms with Crippen LogP contribution in [0.2, 0.25) is 0 Å². The molecule has 4 aromatic rings. The molecule has 1 amide bonds. The van der Waals surface area contributed by atoms with Gasteiger partial charge in [-0.15, -0.1) is 0 Å². The second-order valence-electron chi connectivity index (χ2n) is 8.59. The fraction of sp³-hybridized carbons (Fsp3) is 0.261. The number of carbonyl (C=O) groups excluding carboxylic acids is 1. The molecule has 0 saturated heterocycles. The predicted octanol–water partition coefficient (Wildman–Crippen LogP) is 5.38. The van der Waals surface area contributed by atoms with E-state index in [-0.39, 0.29) is 41.7 Å².